The van der Waals surface area contributed by atoms with Crippen LogP contribution < -0.4 is 5.73 Å². The van der Waals surface area contributed by atoms with Crippen LogP contribution in [0.3, 0.4) is 0 Å². The number of rotatable bonds is 5. The van der Waals surface area contributed by atoms with Crippen molar-refractivity contribution in [3.8, 4) is 0 Å². The molecule has 0 aliphatic rings. The largest absolute Gasteiger partial charge is 0.395 e. The lowest BCUT2D eigenvalue weighted by molar-refractivity contribution is -0.134. The molecule has 0 aromatic rings. The monoisotopic (exact) mass is 196 g/mol. The summed E-state index contributed by atoms with van der Waals surface area (Å²) in [4.78, 5) is 12.0. The fourth-order valence-electron chi connectivity index (χ4n) is 0.867. The molecule has 1 atom stereocenters. The SMILES string of the molecule is C[C@H](N)C(=O)N(CCO)CC(F)F. The molecule has 0 saturated heterocycles. The maximum atomic E-state index is 11.9. The Hall–Kier alpha value is -0.750. The van der Waals surface area contributed by atoms with Crippen LogP contribution in [0.5, 0.6) is 0 Å². The summed E-state index contributed by atoms with van der Waals surface area (Å²) >= 11 is 0. The zero-order valence-corrected chi connectivity index (χ0v) is 7.41. The average molecular weight is 196 g/mol. The molecule has 0 unspecified atom stereocenters. The first kappa shape index (κ1) is 12.2. The number of carbonyl (C=O) groups is 1. The van der Waals surface area contributed by atoms with E-state index in [1.165, 1.54) is 6.92 Å². The number of amides is 1. The van der Waals surface area contributed by atoms with Crippen LogP contribution in [0.25, 0.3) is 0 Å². The summed E-state index contributed by atoms with van der Waals surface area (Å²) in [5, 5.41) is 8.50. The molecule has 0 aliphatic heterocycles. The molecule has 1 amide bonds. The van der Waals surface area contributed by atoms with Gasteiger partial charge in [-0.15, -0.1) is 0 Å². The van der Waals surface area contributed by atoms with E-state index < -0.39 is 24.9 Å². The van der Waals surface area contributed by atoms with Gasteiger partial charge in [0.15, 0.2) is 0 Å². The molecule has 0 bridgehead atoms. The summed E-state index contributed by atoms with van der Waals surface area (Å²) in [5.41, 5.74) is 5.23. The van der Waals surface area contributed by atoms with E-state index >= 15 is 0 Å². The standard InChI is InChI=1S/C7H14F2N2O2/c1-5(10)7(13)11(2-3-12)4-6(8)9/h5-6,12H,2-4,10H2,1H3/t5-/m0/s1. The van der Waals surface area contributed by atoms with Gasteiger partial charge in [-0.1, -0.05) is 0 Å². The Morgan fingerprint density at radius 1 is 1.62 bits per heavy atom. The van der Waals surface area contributed by atoms with Crippen LogP contribution in [-0.4, -0.2) is 48.1 Å². The van der Waals surface area contributed by atoms with E-state index in [1.54, 1.807) is 0 Å². The first-order valence-corrected chi connectivity index (χ1v) is 3.92. The number of hydrogen-bond donors (Lipinski definition) is 2. The van der Waals surface area contributed by atoms with Gasteiger partial charge in [0.05, 0.1) is 19.2 Å². The second-order valence-electron chi connectivity index (χ2n) is 2.69. The van der Waals surface area contributed by atoms with E-state index in [4.69, 9.17) is 10.8 Å². The molecular formula is C7H14F2N2O2. The quantitative estimate of drug-likeness (QED) is 0.618. The van der Waals surface area contributed by atoms with Gasteiger partial charge in [0, 0.05) is 6.54 Å². The van der Waals surface area contributed by atoms with Gasteiger partial charge < -0.3 is 15.7 Å². The highest BCUT2D eigenvalue weighted by Gasteiger charge is 2.20. The maximum Gasteiger partial charge on any atom is 0.255 e. The van der Waals surface area contributed by atoms with Gasteiger partial charge in [-0.2, -0.15) is 0 Å². The summed E-state index contributed by atoms with van der Waals surface area (Å²) in [6.07, 6.45) is -2.60. The Morgan fingerprint density at radius 3 is 2.46 bits per heavy atom. The summed E-state index contributed by atoms with van der Waals surface area (Å²) in [7, 11) is 0. The number of aliphatic hydroxyl groups is 1. The van der Waals surface area contributed by atoms with Gasteiger partial charge in [-0.05, 0) is 6.92 Å². The molecule has 6 heteroatoms. The molecule has 0 spiro atoms. The van der Waals surface area contributed by atoms with E-state index in [0.717, 1.165) is 4.90 Å². The van der Waals surface area contributed by atoms with Gasteiger partial charge >= 0.3 is 0 Å². The maximum absolute atomic E-state index is 11.9. The van der Waals surface area contributed by atoms with Crippen molar-refractivity contribution in [2.24, 2.45) is 5.73 Å². The highest BCUT2D eigenvalue weighted by Crippen LogP contribution is 2.00. The Balaban J connectivity index is 4.15. The van der Waals surface area contributed by atoms with E-state index in [0.29, 0.717) is 0 Å². The lowest BCUT2D eigenvalue weighted by Gasteiger charge is -2.22. The highest BCUT2D eigenvalue weighted by atomic mass is 19.3. The van der Waals surface area contributed by atoms with Gasteiger partial charge in [0.1, 0.15) is 0 Å². The predicted octanol–water partition coefficient (Wildman–Crippen LogP) is -0.580. The van der Waals surface area contributed by atoms with Gasteiger partial charge in [-0.3, -0.25) is 4.79 Å². The van der Waals surface area contributed by atoms with Crippen LogP contribution in [0.15, 0.2) is 0 Å². The summed E-state index contributed by atoms with van der Waals surface area (Å²) in [6, 6.07) is -0.815. The van der Waals surface area contributed by atoms with Gasteiger partial charge in [-0.25, -0.2) is 8.78 Å². The zero-order chi connectivity index (χ0) is 10.4. The molecule has 0 radical (unpaired) electrons. The van der Waals surface area contributed by atoms with E-state index in [9.17, 15) is 13.6 Å². The molecule has 4 nitrogen and oxygen atoms in total. The summed E-state index contributed by atoms with van der Waals surface area (Å²) in [6.45, 7) is 0.287. The number of nitrogens with zero attached hydrogens (tertiary/aromatic N) is 1. The van der Waals surface area contributed by atoms with E-state index in [1.807, 2.05) is 0 Å². The number of aliphatic hydroxyl groups excluding tert-OH is 1. The van der Waals surface area contributed by atoms with Crippen molar-refractivity contribution < 1.29 is 18.7 Å². The minimum Gasteiger partial charge on any atom is -0.395 e. The molecule has 0 saturated carbocycles. The molecule has 0 aromatic heterocycles. The first-order valence-electron chi connectivity index (χ1n) is 3.92. The minimum atomic E-state index is -2.60. The summed E-state index contributed by atoms with van der Waals surface area (Å²) < 4.78 is 23.8. The fraction of sp³-hybridized carbons (Fsp3) is 0.857. The first-order chi connectivity index (χ1) is 5.99. The van der Waals surface area contributed by atoms with Crippen molar-refractivity contribution in [3.05, 3.63) is 0 Å². The Kier molecular flexibility index (Phi) is 5.48. The second kappa shape index (κ2) is 5.82. The molecule has 13 heavy (non-hydrogen) atoms. The normalized spacial score (nSPS) is 13.1. The van der Waals surface area contributed by atoms with Crippen LogP contribution in [0, 0.1) is 0 Å². The third kappa shape index (κ3) is 4.74. The molecule has 0 aromatic carbocycles. The lowest BCUT2D eigenvalue weighted by Crippen LogP contribution is -2.45. The molecule has 0 aliphatic carbocycles. The highest BCUT2D eigenvalue weighted by molar-refractivity contribution is 5.81. The van der Waals surface area contributed by atoms with E-state index in [2.05, 4.69) is 0 Å². The van der Waals surface area contributed by atoms with Crippen LogP contribution in [-0.2, 0) is 4.79 Å². The van der Waals surface area contributed by atoms with Crippen molar-refractivity contribution >= 4 is 5.91 Å². The van der Waals surface area contributed by atoms with Crippen molar-refractivity contribution in [2.75, 3.05) is 19.7 Å². The average Bonchev–Trinajstić information content (AvgIpc) is 2.01. The predicted molar refractivity (Wildman–Crippen MR) is 43.3 cm³/mol. The summed E-state index contributed by atoms with van der Waals surface area (Å²) in [5.74, 6) is -0.575. The van der Waals surface area contributed by atoms with Gasteiger partial charge in [0.25, 0.3) is 6.43 Å². The molecule has 0 rings (SSSR count). The number of nitrogens with two attached hydrogens (primary N) is 1. The number of alkyl halides is 2. The van der Waals surface area contributed by atoms with Crippen molar-refractivity contribution in [2.45, 2.75) is 19.4 Å². The lowest BCUT2D eigenvalue weighted by atomic mass is 10.3. The van der Waals surface area contributed by atoms with Crippen molar-refractivity contribution in [1.82, 2.24) is 4.90 Å². The minimum absolute atomic E-state index is 0.106. The molecular weight excluding hydrogens is 182 g/mol. The zero-order valence-electron chi connectivity index (χ0n) is 7.41. The Morgan fingerprint density at radius 2 is 2.15 bits per heavy atom. The molecule has 78 valence electrons. The van der Waals surface area contributed by atoms with Crippen LogP contribution in [0.1, 0.15) is 6.92 Å². The van der Waals surface area contributed by atoms with Crippen LogP contribution in [0.4, 0.5) is 8.78 Å². The van der Waals surface area contributed by atoms with Crippen molar-refractivity contribution in [1.29, 1.82) is 0 Å². The molecule has 0 fully saturated rings. The van der Waals surface area contributed by atoms with Crippen molar-refractivity contribution in [3.63, 3.8) is 0 Å². The van der Waals surface area contributed by atoms with Crippen LogP contribution in [0.2, 0.25) is 0 Å². The van der Waals surface area contributed by atoms with E-state index in [-0.39, 0.29) is 13.2 Å². The molecule has 3 N–H and O–H groups in total. The Labute approximate surface area is 75.3 Å². The molecule has 0 heterocycles. The number of halogens is 2. The smallest absolute Gasteiger partial charge is 0.255 e. The topological polar surface area (TPSA) is 66.6 Å². The Bertz CT molecular complexity index is 165. The third-order valence-electron chi connectivity index (χ3n) is 1.43. The second-order valence-corrected chi connectivity index (χ2v) is 2.69. The number of hydrogen-bond acceptors (Lipinski definition) is 3. The van der Waals surface area contributed by atoms with Crippen LogP contribution >= 0.6 is 0 Å². The van der Waals surface area contributed by atoms with Gasteiger partial charge in [0.2, 0.25) is 5.91 Å². The number of carbonyl (C=O) groups excluding carboxylic acids is 1. The third-order valence-corrected chi connectivity index (χ3v) is 1.43. The fourth-order valence-corrected chi connectivity index (χ4v) is 0.867.